The first-order valence-electron chi connectivity index (χ1n) is 9.38. The van der Waals surface area contributed by atoms with E-state index >= 15 is 0 Å². The average molecular weight is 438 g/mol. The van der Waals surface area contributed by atoms with E-state index in [2.05, 4.69) is 44.3 Å². The van der Waals surface area contributed by atoms with E-state index in [1.54, 1.807) is 11.8 Å². The highest BCUT2D eigenvalue weighted by Gasteiger charge is 2.10. The number of aromatic nitrogens is 4. The predicted molar refractivity (Wildman–Crippen MR) is 123 cm³/mol. The molecule has 152 valence electrons. The Balaban J connectivity index is 1.59. The van der Waals surface area contributed by atoms with Crippen molar-refractivity contribution >= 4 is 46.2 Å². The summed E-state index contributed by atoms with van der Waals surface area (Å²) in [5.41, 5.74) is 4.42. The van der Waals surface area contributed by atoms with Gasteiger partial charge in [0.2, 0.25) is 11.9 Å². The van der Waals surface area contributed by atoms with Crippen LogP contribution in [0.3, 0.4) is 0 Å². The van der Waals surface area contributed by atoms with Gasteiger partial charge < -0.3 is 0 Å². The van der Waals surface area contributed by atoms with Crippen molar-refractivity contribution in [3.8, 4) is 0 Å². The average Bonchev–Trinajstić information content (AvgIpc) is 2.68. The van der Waals surface area contributed by atoms with E-state index in [1.165, 1.54) is 11.6 Å². The third-order valence-electron chi connectivity index (χ3n) is 4.55. The Morgan fingerprint density at radius 2 is 1.80 bits per heavy atom. The summed E-state index contributed by atoms with van der Waals surface area (Å²) in [6.07, 6.45) is 0. The fraction of sp³-hybridized carbons (Fsp3) is 0.182. The molecule has 0 saturated carbocycles. The van der Waals surface area contributed by atoms with Crippen molar-refractivity contribution in [2.75, 3.05) is 5.32 Å². The molecule has 0 unspecified atom stereocenters. The molecule has 6 nitrogen and oxygen atoms in total. The minimum atomic E-state index is -0.233. The van der Waals surface area contributed by atoms with Crippen molar-refractivity contribution in [3.05, 3.63) is 80.4 Å². The van der Waals surface area contributed by atoms with Gasteiger partial charge in [0.25, 0.3) is 5.56 Å². The molecule has 0 bridgehead atoms. The van der Waals surface area contributed by atoms with Crippen molar-refractivity contribution in [3.63, 3.8) is 0 Å². The van der Waals surface area contributed by atoms with Gasteiger partial charge in [-0.05, 0) is 56.7 Å². The Morgan fingerprint density at radius 3 is 2.57 bits per heavy atom. The number of nitrogens with one attached hydrogen (secondary N) is 2. The molecular weight excluding hydrogens is 418 g/mol. The summed E-state index contributed by atoms with van der Waals surface area (Å²) in [6, 6.07) is 13.2. The highest BCUT2D eigenvalue weighted by atomic mass is 35.5. The van der Waals surface area contributed by atoms with E-state index < -0.39 is 0 Å². The molecule has 4 rings (SSSR count). The van der Waals surface area contributed by atoms with Gasteiger partial charge in [0.15, 0.2) is 0 Å². The Labute approximate surface area is 183 Å². The fourth-order valence-electron chi connectivity index (χ4n) is 3.23. The maximum Gasteiger partial charge on any atom is 0.252 e. The van der Waals surface area contributed by atoms with Crippen LogP contribution in [0.5, 0.6) is 0 Å². The Morgan fingerprint density at radius 1 is 1.03 bits per heavy atom. The van der Waals surface area contributed by atoms with E-state index in [9.17, 15) is 4.79 Å². The van der Waals surface area contributed by atoms with Crippen LogP contribution in [0.2, 0.25) is 5.02 Å². The van der Waals surface area contributed by atoms with Crippen molar-refractivity contribution in [1.29, 1.82) is 0 Å². The number of aryl methyl sites for hydroxylation is 3. The maximum absolute atomic E-state index is 12.1. The van der Waals surface area contributed by atoms with Crippen LogP contribution in [0.4, 0.5) is 11.9 Å². The summed E-state index contributed by atoms with van der Waals surface area (Å²) in [7, 11) is 0. The molecule has 0 radical (unpaired) electrons. The van der Waals surface area contributed by atoms with Crippen LogP contribution in [0.25, 0.3) is 10.9 Å². The number of benzene rings is 2. The standard InChI is InChI=1S/C22H20ClN5OS/c1-12-8-13(2)20-18(9-12)14(3)24-21(27-20)28-22-25-16(10-19(29)26-22)11-30-17-6-4-15(23)5-7-17/h4-10H,11H2,1-3H3,(H2,24,25,26,27,28,29). The lowest BCUT2D eigenvalue weighted by molar-refractivity contribution is 1.04. The van der Waals surface area contributed by atoms with E-state index in [-0.39, 0.29) is 5.56 Å². The molecule has 4 aromatic rings. The SMILES string of the molecule is Cc1cc(C)c2nc(Nc3nc(CSc4ccc(Cl)cc4)cc(=O)[nH]3)nc(C)c2c1. The number of nitrogens with zero attached hydrogens (tertiary/aromatic N) is 3. The van der Waals surface area contributed by atoms with E-state index in [4.69, 9.17) is 11.6 Å². The third-order valence-corrected chi connectivity index (χ3v) is 5.85. The summed E-state index contributed by atoms with van der Waals surface area (Å²) in [4.78, 5) is 29.6. The summed E-state index contributed by atoms with van der Waals surface area (Å²) >= 11 is 7.51. The second-order valence-corrected chi connectivity index (χ2v) is 8.55. The number of H-pyrrole nitrogens is 1. The first-order valence-corrected chi connectivity index (χ1v) is 10.7. The number of thioether (sulfide) groups is 1. The number of hydrogen-bond acceptors (Lipinski definition) is 6. The van der Waals surface area contributed by atoms with Crippen molar-refractivity contribution in [2.24, 2.45) is 0 Å². The molecular formula is C22H20ClN5OS. The second kappa shape index (κ2) is 8.45. The van der Waals surface area contributed by atoms with Gasteiger partial charge in [-0.1, -0.05) is 23.2 Å². The Hall–Kier alpha value is -2.90. The van der Waals surface area contributed by atoms with Gasteiger partial charge in [0, 0.05) is 27.1 Å². The second-order valence-electron chi connectivity index (χ2n) is 7.06. The van der Waals surface area contributed by atoms with Crippen LogP contribution in [0, 0.1) is 20.8 Å². The summed E-state index contributed by atoms with van der Waals surface area (Å²) in [5, 5.41) is 4.76. The van der Waals surface area contributed by atoms with Crippen LogP contribution in [-0.2, 0) is 5.75 Å². The van der Waals surface area contributed by atoms with Crippen molar-refractivity contribution in [1.82, 2.24) is 19.9 Å². The van der Waals surface area contributed by atoms with Crippen LogP contribution in [0.1, 0.15) is 22.5 Å². The number of aromatic amines is 1. The monoisotopic (exact) mass is 437 g/mol. The third kappa shape index (κ3) is 4.63. The van der Waals surface area contributed by atoms with Crippen LogP contribution in [0.15, 0.2) is 52.2 Å². The number of hydrogen-bond donors (Lipinski definition) is 2. The highest BCUT2D eigenvalue weighted by molar-refractivity contribution is 7.98. The van der Waals surface area contributed by atoms with Crippen LogP contribution in [-0.4, -0.2) is 19.9 Å². The van der Waals surface area contributed by atoms with Crippen molar-refractivity contribution in [2.45, 2.75) is 31.4 Å². The molecule has 0 spiro atoms. The molecule has 0 amide bonds. The largest absolute Gasteiger partial charge is 0.294 e. The number of anilines is 2. The number of rotatable bonds is 5. The smallest absolute Gasteiger partial charge is 0.252 e. The molecule has 2 aromatic carbocycles. The van der Waals surface area contributed by atoms with E-state index in [1.807, 2.05) is 38.1 Å². The lowest BCUT2D eigenvalue weighted by Gasteiger charge is -2.10. The molecule has 0 aliphatic rings. The van der Waals surface area contributed by atoms with Crippen molar-refractivity contribution < 1.29 is 0 Å². The predicted octanol–water partition coefficient (Wildman–Crippen LogP) is 5.33. The lowest BCUT2D eigenvalue weighted by Crippen LogP contribution is -2.13. The quantitative estimate of drug-likeness (QED) is 0.410. The van der Waals surface area contributed by atoms with Gasteiger partial charge in [-0.15, -0.1) is 11.8 Å². The molecule has 0 aliphatic carbocycles. The minimum Gasteiger partial charge on any atom is -0.294 e. The van der Waals surface area contributed by atoms with E-state index in [0.717, 1.165) is 27.1 Å². The number of halogens is 1. The van der Waals surface area contributed by atoms with Gasteiger partial charge in [0.05, 0.1) is 16.9 Å². The molecule has 0 fully saturated rings. The van der Waals surface area contributed by atoms with Gasteiger partial charge in [0.1, 0.15) is 0 Å². The zero-order valence-electron chi connectivity index (χ0n) is 16.8. The normalized spacial score (nSPS) is 11.1. The molecule has 2 aromatic heterocycles. The fourth-order valence-corrected chi connectivity index (χ4v) is 4.14. The molecule has 30 heavy (non-hydrogen) atoms. The zero-order chi connectivity index (χ0) is 21.3. The number of fused-ring (bicyclic) bond motifs is 1. The van der Waals surface area contributed by atoms with Gasteiger partial charge in [-0.25, -0.2) is 15.0 Å². The topological polar surface area (TPSA) is 83.6 Å². The first kappa shape index (κ1) is 20.4. The van der Waals surface area contributed by atoms with Crippen LogP contribution >= 0.6 is 23.4 Å². The molecule has 0 atom stereocenters. The zero-order valence-corrected chi connectivity index (χ0v) is 18.4. The summed E-state index contributed by atoms with van der Waals surface area (Å²) < 4.78 is 0. The molecule has 8 heteroatoms. The van der Waals surface area contributed by atoms with Gasteiger partial charge in [-0.2, -0.15) is 0 Å². The van der Waals surface area contributed by atoms with Gasteiger partial charge in [-0.3, -0.25) is 15.1 Å². The minimum absolute atomic E-state index is 0.233. The molecule has 2 N–H and O–H groups in total. The summed E-state index contributed by atoms with van der Waals surface area (Å²) in [5.74, 6) is 1.27. The Bertz CT molecular complexity index is 1290. The molecule has 0 saturated heterocycles. The lowest BCUT2D eigenvalue weighted by atomic mass is 10.1. The summed E-state index contributed by atoms with van der Waals surface area (Å²) in [6.45, 7) is 6.03. The Kier molecular flexibility index (Phi) is 5.74. The first-order chi connectivity index (χ1) is 14.4. The molecule has 2 heterocycles. The van der Waals surface area contributed by atoms with Crippen LogP contribution < -0.4 is 10.9 Å². The van der Waals surface area contributed by atoms with E-state index in [0.29, 0.717) is 28.4 Å². The van der Waals surface area contributed by atoms with Gasteiger partial charge >= 0.3 is 0 Å². The maximum atomic E-state index is 12.1. The highest BCUT2D eigenvalue weighted by Crippen LogP contribution is 2.25. The molecule has 0 aliphatic heterocycles.